The predicted octanol–water partition coefficient (Wildman–Crippen LogP) is 2.60. The molecule has 21 heavy (non-hydrogen) atoms. The fourth-order valence-electron chi connectivity index (χ4n) is 2.21. The zero-order chi connectivity index (χ0) is 15.7. The molecule has 2 aromatic rings. The van der Waals surface area contributed by atoms with Crippen LogP contribution in [0.2, 0.25) is 5.15 Å². The average molecular weight is 327 g/mol. The molecule has 0 bridgehead atoms. The monoisotopic (exact) mass is 326 g/mol. The minimum atomic E-state index is -0.927. The molecule has 0 unspecified atom stereocenters. The van der Waals surface area contributed by atoms with Crippen LogP contribution in [-0.2, 0) is 25.3 Å². The zero-order valence-electron chi connectivity index (χ0n) is 11.9. The number of ketones is 1. The Bertz CT molecular complexity index is 718. The summed E-state index contributed by atoms with van der Waals surface area (Å²) in [5.41, 5.74) is 1.55. The van der Waals surface area contributed by atoms with E-state index < -0.39 is 5.97 Å². The number of nitrogens with zero attached hydrogens (tertiary/aromatic N) is 2. The second-order valence-electron chi connectivity index (χ2n) is 4.61. The molecule has 1 N–H and O–H groups in total. The van der Waals surface area contributed by atoms with E-state index in [-0.39, 0.29) is 12.2 Å². The van der Waals surface area contributed by atoms with Crippen molar-refractivity contribution in [2.75, 3.05) is 6.26 Å². The van der Waals surface area contributed by atoms with Gasteiger partial charge in [0, 0.05) is 24.7 Å². The van der Waals surface area contributed by atoms with Crippen molar-refractivity contribution in [3.8, 4) is 0 Å². The van der Waals surface area contributed by atoms with Crippen LogP contribution in [0, 0.1) is 0 Å². The lowest BCUT2D eigenvalue weighted by Gasteiger charge is -2.08. The molecule has 0 aliphatic rings. The third-order valence-electron chi connectivity index (χ3n) is 3.36. The highest BCUT2D eigenvalue weighted by atomic mass is 35.5. The fourth-order valence-corrected chi connectivity index (χ4v) is 3.04. The van der Waals surface area contributed by atoms with Crippen molar-refractivity contribution >= 4 is 35.1 Å². The first kappa shape index (κ1) is 15.7. The third-order valence-corrected chi connectivity index (χ3v) is 4.49. The number of thioether (sulfide) groups is 1. The quantitative estimate of drug-likeness (QED) is 0.677. The van der Waals surface area contributed by atoms with Gasteiger partial charge in [0.25, 0.3) is 0 Å². The van der Waals surface area contributed by atoms with Crippen molar-refractivity contribution in [1.29, 1.82) is 0 Å². The third kappa shape index (κ3) is 2.87. The minimum Gasteiger partial charge on any atom is -0.481 e. The lowest BCUT2D eigenvalue weighted by atomic mass is 10.2. The summed E-state index contributed by atoms with van der Waals surface area (Å²) in [5.74, 6) is -1.10. The molecule has 0 atom stereocenters. The summed E-state index contributed by atoms with van der Waals surface area (Å²) in [6, 6.07) is 5.07. The number of hydrogen-bond donors (Lipinski definition) is 1. The Kier molecular flexibility index (Phi) is 4.49. The summed E-state index contributed by atoms with van der Waals surface area (Å²) in [7, 11) is 3.42. The van der Waals surface area contributed by atoms with Crippen LogP contribution in [0.1, 0.15) is 21.9 Å². The second kappa shape index (κ2) is 5.99. The maximum atomic E-state index is 12.7. The summed E-state index contributed by atoms with van der Waals surface area (Å²) in [5, 5.41) is 9.42. The SMILES string of the molecule is CSc1cc(CC(=O)O)n(C)c1C(=O)c1ccc(Cl)n1C. The van der Waals surface area contributed by atoms with Crippen LogP contribution in [0.5, 0.6) is 0 Å². The standard InChI is InChI=1S/C14H15ClN2O3S/c1-16-8(7-12(18)19)6-10(21-3)13(16)14(20)9-4-5-11(15)17(9)2/h4-6H,7H2,1-3H3,(H,18,19). The van der Waals surface area contributed by atoms with Crippen molar-refractivity contribution in [3.63, 3.8) is 0 Å². The maximum absolute atomic E-state index is 12.7. The van der Waals surface area contributed by atoms with E-state index in [1.165, 1.54) is 11.8 Å². The van der Waals surface area contributed by atoms with Gasteiger partial charge in [0.15, 0.2) is 0 Å². The molecular formula is C14H15ClN2O3S. The van der Waals surface area contributed by atoms with Crippen LogP contribution in [0.15, 0.2) is 23.1 Å². The molecule has 2 aromatic heterocycles. The van der Waals surface area contributed by atoms with Gasteiger partial charge in [-0.25, -0.2) is 0 Å². The van der Waals surface area contributed by atoms with Gasteiger partial charge in [-0.2, -0.15) is 0 Å². The molecular weight excluding hydrogens is 312 g/mol. The topological polar surface area (TPSA) is 64.2 Å². The first-order valence-corrected chi connectivity index (χ1v) is 7.77. The maximum Gasteiger partial charge on any atom is 0.309 e. The van der Waals surface area contributed by atoms with Crippen LogP contribution in [0.3, 0.4) is 0 Å². The van der Waals surface area contributed by atoms with Crippen molar-refractivity contribution in [3.05, 3.63) is 40.4 Å². The molecule has 7 heteroatoms. The molecule has 0 aliphatic heterocycles. The van der Waals surface area contributed by atoms with E-state index in [1.54, 1.807) is 41.4 Å². The number of rotatable bonds is 5. The van der Waals surface area contributed by atoms with Gasteiger partial charge in [-0.05, 0) is 24.5 Å². The first-order chi connectivity index (χ1) is 9.86. The molecule has 0 radical (unpaired) electrons. The van der Waals surface area contributed by atoms with Gasteiger partial charge in [0.2, 0.25) is 5.78 Å². The highest BCUT2D eigenvalue weighted by Crippen LogP contribution is 2.27. The molecule has 0 aliphatic carbocycles. The van der Waals surface area contributed by atoms with Gasteiger partial charge in [0.05, 0.1) is 12.1 Å². The highest BCUT2D eigenvalue weighted by molar-refractivity contribution is 7.98. The Labute approximate surface area is 131 Å². The summed E-state index contributed by atoms with van der Waals surface area (Å²) < 4.78 is 3.25. The van der Waals surface area contributed by atoms with E-state index >= 15 is 0 Å². The molecule has 0 fully saturated rings. The van der Waals surface area contributed by atoms with Crippen molar-refractivity contribution in [2.24, 2.45) is 14.1 Å². The Hall–Kier alpha value is -1.66. The van der Waals surface area contributed by atoms with Crippen molar-refractivity contribution in [1.82, 2.24) is 9.13 Å². The fraction of sp³-hybridized carbons (Fsp3) is 0.286. The van der Waals surface area contributed by atoms with Crippen LogP contribution in [-0.4, -0.2) is 32.2 Å². The van der Waals surface area contributed by atoms with E-state index in [9.17, 15) is 9.59 Å². The number of aromatic nitrogens is 2. The molecule has 0 saturated carbocycles. The summed E-state index contributed by atoms with van der Waals surface area (Å²) in [4.78, 5) is 24.4. The smallest absolute Gasteiger partial charge is 0.309 e. The van der Waals surface area contributed by atoms with E-state index in [0.29, 0.717) is 22.2 Å². The molecule has 0 amide bonds. The van der Waals surface area contributed by atoms with E-state index in [2.05, 4.69) is 0 Å². The Morgan fingerprint density at radius 3 is 2.43 bits per heavy atom. The molecule has 0 saturated heterocycles. The number of halogens is 1. The number of carbonyl (C=O) groups excluding carboxylic acids is 1. The van der Waals surface area contributed by atoms with Gasteiger partial charge in [-0.3, -0.25) is 9.59 Å². The number of aliphatic carboxylic acids is 1. The van der Waals surface area contributed by atoms with Crippen LogP contribution < -0.4 is 0 Å². The van der Waals surface area contributed by atoms with Crippen LogP contribution in [0.4, 0.5) is 0 Å². The Morgan fingerprint density at radius 1 is 1.29 bits per heavy atom. The van der Waals surface area contributed by atoms with E-state index in [4.69, 9.17) is 16.7 Å². The summed E-state index contributed by atoms with van der Waals surface area (Å²) >= 11 is 7.39. The lowest BCUT2D eigenvalue weighted by molar-refractivity contribution is -0.136. The predicted molar refractivity (Wildman–Crippen MR) is 82.4 cm³/mol. The molecule has 112 valence electrons. The van der Waals surface area contributed by atoms with Crippen molar-refractivity contribution < 1.29 is 14.7 Å². The first-order valence-electron chi connectivity index (χ1n) is 6.17. The number of carboxylic acids is 1. The highest BCUT2D eigenvalue weighted by Gasteiger charge is 2.23. The summed E-state index contributed by atoms with van der Waals surface area (Å²) in [6.07, 6.45) is 1.74. The number of carboxylic acid groups (broad SMARTS) is 1. The van der Waals surface area contributed by atoms with Gasteiger partial charge in [-0.1, -0.05) is 11.6 Å². The van der Waals surface area contributed by atoms with Crippen LogP contribution in [0.25, 0.3) is 0 Å². The Morgan fingerprint density at radius 2 is 1.95 bits per heavy atom. The average Bonchev–Trinajstić information content (AvgIpc) is 2.91. The Balaban J connectivity index is 2.52. The van der Waals surface area contributed by atoms with E-state index in [1.807, 2.05) is 6.26 Å². The second-order valence-corrected chi connectivity index (χ2v) is 5.85. The van der Waals surface area contributed by atoms with Crippen LogP contribution >= 0.6 is 23.4 Å². The van der Waals surface area contributed by atoms with Gasteiger partial charge < -0.3 is 14.2 Å². The van der Waals surface area contributed by atoms with E-state index in [0.717, 1.165) is 4.90 Å². The lowest BCUT2D eigenvalue weighted by Crippen LogP contribution is -2.14. The van der Waals surface area contributed by atoms with Gasteiger partial charge in [-0.15, -0.1) is 11.8 Å². The zero-order valence-corrected chi connectivity index (χ0v) is 13.5. The molecule has 2 heterocycles. The number of hydrogen-bond acceptors (Lipinski definition) is 3. The largest absolute Gasteiger partial charge is 0.481 e. The minimum absolute atomic E-state index is 0.120. The van der Waals surface area contributed by atoms with Gasteiger partial charge >= 0.3 is 5.97 Å². The van der Waals surface area contributed by atoms with Crippen molar-refractivity contribution in [2.45, 2.75) is 11.3 Å². The molecule has 2 rings (SSSR count). The normalized spacial score (nSPS) is 10.9. The number of carbonyl (C=O) groups is 2. The molecule has 5 nitrogen and oxygen atoms in total. The molecule has 0 spiro atoms. The molecule has 0 aromatic carbocycles. The summed E-state index contributed by atoms with van der Waals surface area (Å²) in [6.45, 7) is 0. The van der Waals surface area contributed by atoms with Gasteiger partial charge in [0.1, 0.15) is 10.8 Å².